The van der Waals surface area contributed by atoms with Crippen molar-refractivity contribution in [3.63, 3.8) is 0 Å². The summed E-state index contributed by atoms with van der Waals surface area (Å²) in [5, 5.41) is 30.6. The third-order valence-corrected chi connectivity index (χ3v) is 9.70. The Labute approximate surface area is 326 Å². The summed E-state index contributed by atoms with van der Waals surface area (Å²) >= 11 is 0. The zero-order valence-corrected chi connectivity index (χ0v) is 34.1. The van der Waals surface area contributed by atoms with Gasteiger partial charge in [-0.05, 0) is 64.2 Å². The number of aliphatic hydroxyl groups excluding tert-OH is 3. The van der Waals surface area contributed by atoms with Crippen molar-refractivity contribution in [3.8, 4) is 0 Å². The molecule has 0 aromatic carbocycles. The Balaban J connectivity index is 2.50. The predicted molar refractivity (Wildman–Crippen MR) is 211 cm³/mol. The maximum Gasteiger partial charge on any atom is 0.397 e. The van der Waals surface area contributed by atoms with Gasteiger partial charge in [0.05, 0.1) is 19.8 Å². The fraction of sp³-hybridized carbons (Fsp3) is 0.829. The second-order valence-electron chi connectivity index (χ2n) is 14.2. The van der Waals surface area contributed by atoms with Crippen molar-refractivity contribution in [1.82, 2.24) is 0 Å². The van der Waals surface area contributed by atoms with Crippen molar-refractivity contribution >= 4 is 16.4 Å². The number of rotatable bonds is 35. The molecule has 0 spiro atoms. The lowest BCUT2D eigenvalue weighted by molar-refractivity contribution is -0.301. The highest BCUT2D eigenvalue weighted by Crippen LogP contribution is 2.26. The monoisotopic (exact) mass is 790 g/mol. The Kier molecular flexibility index (Phi) is 31.2. The molecule has 316 valence electrons. The van der Waals surface area contributed by atoms with Crippen LogP contribution in [-0.2, 0) is 38.3 Å². The first kappa shape index (κ1) is 50.3. The number of carbonyl (C=O) groups is 1. The van der Waals surface area contributed by atoms with Crippen LogP contribution in [0.3, 0.4) is 0 Å². The number of hydrogen-bond donors (Lipinski definition) is 4. The second-order valence-corrected chi connectivity index (χ2v) is 15.3. The van der Waals surface area contributed by atoms with Gasteiger partial charge in [-0.25, -0.2) is 4.18 Å². The molecule has 0 radical (unpaired) electrons. The molecule has 1 saturated heterocycles. The van der Waals surface area contributed by atoms with Gasteiger partial charge >= 0.3 is 16.4 Å². The zero-order chi connectivity index (χ0) is 39.7. The van der Waals surface area contributed by atoms with Crippen LogP contribution in [0.15, 0.2) is 36.5 Å². The summed E-state index contributed by atoms with van der Waals surface area (Å²) in [6, 6.07) is 0. The Hall–Kier alpha value is -1.68. The fourth-order valence-corrected chi connectivity index (χ4v) is 6.54. The fourth-order valence-electron chi connectivity index (χ4n) is 6.03. The van der Waals surface area contributed by atoms with E-state index in [-0.39, 0.29) is 19.6 Å². The lowest BCUT2D eigenvalue weighted by Crippen LogP contribution is -2.60. The van der Waals surface area contributed by atoms with Gasteiger partial charge in [-0.1, -0.05) is 121 Å². The van der Waals surface area contributed by atoms with E-state index in [0.717, 1.165) is 70.6 Å². The summed E-state index contributed by atoms with van der Waals surface area (Å²) in [7, 11) is -5.06. The molecule has 0 aliphatic carbocycles. The van der Waals surface area contributed by atoms with Gasteiger partial charge in [0.25, 0.3) is 0 Å². The van der Waals surface area contributed by atoms with E-state index in [1.165, 1.54) is 57.8 Å². The summed E-state index contributed by atoms with van der Waals surface area (Å²) in [5.74, 6) is -0.417. The molecule has 54 heavy (non-hydrogen) atoms. The van der Waals surface area contributed by atoms with Crippen molar-refractivity contribution in [2.75, 3.05) is 26.4 Å². The molecule has 1 fully saturated rings. The number of ether oxygens (including phenoxy) is 4. The Morgan fingerprint density at radius 1 is 0.704 bits per heavy atom. The Bertz CT molecular complexity index is 1100. The quantitative estimate of drug-likeness (QED) is 0.0212. The van der Waals surface area contributed by atoms with E-state index < -0.39 is 59.8 Å². The SMILES string of the molecule is CCCC/C=C\C/C=C\CCCCCCCC(=O)OC(COCCCCCCCC/C=C\CCCCC)COC1OC(CO)C(O)C(OS(=O)(=O)O)C1O. The molecule has 13 heteroatoms. The number of unbranched alkanes of at least 4 members (excludes halogenated alkanes) is 16. The predicted octanol–water partition coefficient (Wildman–Crippen LogP) is 7.85. The summed E-state index contributed by atoms with van der Waals surface area (Å²) < 4.78 is 58.8. The molecular weight excluding hydrogens is 717 g/mol. The van der Waals surface area contributed by atoms with Crippen LogP contribution in [-0.4, -0.2) is 97.5 Å². The largest absolute Gasteiger partial charge is 0.457 e. The summed E-state index contributed by atoms with van der Waals surface area (Å²) in [6.07, 6.45) is 27.5. The molecule has 1 heterocycles. The van der Waals surface area contributed by atoms with Gasteiger partial charge in [-0.15, -0.1) is 0 Å². The van der Waals surface area contributed by atoms with E-state index in [4.69, 9.17) is 23.5 Å². The lowest BCUT2D eigenvalue weighted by atomic mass is 9.99. The number of hydrogen-bond acceptors (Lipinski definition) is 11. The van der Waals surface area contributed by atoms with Crippen LogP contribution >= 0.6 is 0 Å². The maximum atomic E-state index is 12.8. The van der Waals surface area contributed by atoms with Crippen molar-refractivity contribution in [2.24, 2.45) is 0 Å². The smallest absolute Gasteiger partial charge is 0.397 e. The molecule has 0 aromatic rings. The lowest BCUT2D eigenvalue weighted by Gasteiger charge is -2.41. The van der Waals surface area contributed by atoms with Crippen LogP contribution in [0.4, 0.5) is 0 Å². The molecule has 6 atom stereocenters. The van der Waals surface area contributed by atoms with E-state index in [2.05, 4.69) is 54.5 Å². The second kappa shape index (κ2) is 33.5. The van der Waals surface area contributed by atoms with Crippen molar-refractivity contribution in [2.45, 2.75) is 192 Å². The molecule has 1 rings (SSSR count). The van der Waals surface area contributed by atoms with Crippen LogP contribution in [0.1, 0.15) is 155 Å². The van der Waals surface area contributed by atoms with Gasteiger partial charge in [0.1, 0.15) is 30.5 Å². The average Bonchev–Trinajstić information content (AvgIpc) is 3.14. The Morgan fingerprint density at radius 2 is 1.24 bits per heavy atom. The number of aliphatic hydroxyl groups is 3. The standard InChI is InChI=1S/C41H74O12S/c1-3-5-7-9-11-13-15-17-18-20-22-24-26-28-30-37(43)51-35(33-49-31-29-27-25-23-21-19-16-14-12-10-8-6-4-2)34-50-41-39(45)40(53-54(46,47)48)38(44)36(32-42)52-41/h9,11-12,14-15,17,35-36,38-42,44-45H,3-8,10,13,16,18-34H2,1-2H3,(H,46,47,48)/b11-9-,14-12-,17-15-. The van der Waals surface area contributed by atoms with Gasteiger partial charge in [0.15, 0.2) is 6.29 Å². The van der Waals surface area contributed by atoms with Crippen LogP contribution in [0.5, 0.6) is 0 Å². The van der Waals surface area contributed by atoms with Gasteiger partial charge < -0.3 is 34.3 Å². The highest BCUT2D eigenvalue weighted by Gasteiger charge is 2.48. The normalized spacial score (nSPS) is 21.5. The number of esters is 1. The number of allylic oxidation sites excluding steroid dienone is 6. The van der Waals surface area contributed by atoms with E-state index in [1.807, 2.05) is 0 Å². The minimum atomic E-state index is -5.06. The molecule has 0 saturated carbocycles. The van der Waals surface area contributed by atoms with Crippen LogP contribution in [0, 0.1) is 0 Å². The average molecular weight is 791 g/mol. The molecule has 0 amide bonds. The molecule has 4 N–H and O–H groups in total. The topological polar surface area (TPSA) is 178 Å². The first-order valence-electron chi connectivity index (χ1n) is 20.7. The van der Waals surface area contributed by atoms with Crippen LogP contribution < -0.4 is 0 Å². The summed E-state index contributed by atoms with van der Waals surface area (Å²) in [5.41, 5.74) is 0. The highest BCUT2D eigenvalue weighted by molar-refractivity contribution is 7.80. The van der Waals surface area contributed by atoms with Gasteiger partial charge in [-0.3, -0.25) is 9.35 Å². The third-order valence-electron chi connectivity index (χ3n) is 9.23. The van der Waals surface area contributed by atoms with Crippen molar-refractivity contribution in [1.29, 1.82) is 0 Å². The molecule has 1 aliphatic heterocycles. The highest BCUT2D eigenvalue weighted by atomic mass is 32.3. The Morgan fingerprint density at radius 3 is 1.83 bits per heavy atom. The van der Waals surface area contributed by atoms with E-state index in [9.17, 15) is 28.5 Å². The molecule has 0 aromatic heterocycles. The van der Waals surface area contributed by atoms with Gasteiger partial charge in [-0.2, -0.15) is 8.42 Å². The summed E-state index contributed by atoms with van der Waals surface area (Å²) in [4.78, 5) is 12.8. The maximum absolute atomic E-state index is 12.8. The molecule has 0 bridgehead atoms. The minimum Gasteiger partial charge on any atom is -0.457 e. The first-order valence-corrected chi connectivity index (χ1v) is 22.1. The minimum absolute atomic E-state index is 0.0260. The molecule has 1 aliphatic rings. The third kappa shape index (κ3) is 27.0. The molecular formula is C41H74O12S. The molecule has 6 unspecified atom stereocenters. The van der Waals surface area contributed by atoms with E-state index in [1.54, 1.807) is 0 Å². The van der Waals surface area contributed by atoms with Crippen LogP contribution in [0.25, 0.3) is 0 Å². The number of carbonyl (C=O) groups excluding carboxylic acids is 1. The van der Waals surface area contributed by atoms with E-state index >= 15 is 0 Å². The van der Waals surface area contributed by atoms with Crippen molar-refractivity contribution < 1.29 is 56.2 Å². The van der Waals surface area contributed by atoms with Gasteiger partial charge in [0, 0.05) is 13.0 Å². The summed E-state index contributed by atoms with van der Waals surface area (Å²) in [6.45, 7) is 3.87. The van der Waals surface area contributed by atoms with Crippen LogP contribution in [0.2, 0.25) is 0 Å². The van der Waals surface area contributed by atoms with E-state index in [0.29, 0.717) is 13.0 Å². The first-order chi connectivity index (χ1) is 26.1. The zero-order valence-electron chi connectivity index (χ0n) is 33.3. The van der Waals surface area contributed by atoms with Crippen molar-refractivity contribution in [3.05, 3.63) is 36.5 Å². The van der Waals surface area contributed by atoms with Gasteiger partial charge in [0.2, 0.25) is 0 Å². The molecule has 12 nitrogen and oxygen atoms in total.